The number of hydrogen-bond acceptors (Lipinski definition) is 4. The average molecular weight is 347 g/mol. The largest absolute Gasteiger partial charge is 0.396 e. The van der Waals surface area contributed by atoms with Gasteiger partial charge in [-0.1, -0.05) is 44.2 Å². The predicted molar refractivity (Wildman–Crippen MR) is 98.1 cm³/mol. The Balaban J connectivity index is 1.73. The molecule has 0 aliphatic carbocycles. The monoisotopic (exact) mass is 347 g/mol. The highest BCUT2D eigenvalue weighted by Gasteiger charge is 2.17. The molecule has 0 saturated heterocycles. The Labute approximate surface area is 147 Å². The number of hydrogen-bond donors (Lipinski definition) is 3. The minimum absolute atomic E-state index is 0.106. The molecule has 1 heterocycles. The molecule has 2 amide bonds. The van der Waals surface area contributed by atoms with Gasteiger partial charge in [0.05, 0.1) is 5.69 Å². The van der Waals surface area contributed by atoms with E-state index in [-0.39, 0.29) is 18.1 Å². The molecule has 6 heteroatoms. The summed E-state index contributed by atoms with van der Waals surface area (Å²) in [4.78, 5) is 16.4. The zero-order chi connectivity index (χ0) is 17.4. The van der Waals surface area contributed by atoms with Crippen LogP contribution in [-0.4, -0.2) is 35.8 Å². The first kappa shape index (κ1) is 18.4. The van der Waals surface area contributed by atoms with E-state index in [2.05, 4.69) is 15.6 Å². The van der Waals surface area contributed by atoms with Crippen molar-refractivity contribution in [2.75, 3.05) is 19.7 Å². The number of amides is 2. The van der Waals surface area contributed by atoms with Crippen LogP contribution in [0.5, 0.6) is 0 Å². The van der Waals surface area contributed by atoms with Gasteiger partial charge < -0.3 is 15.7 Å². The Kier molecular flexibility index (Phi) is 6.75. The Morgan fingerprint density at radius 1 is 1.25 bits per heavy atom. The van der Waals surface area contributed by atoms with Crippen molar-refractivity contribution in [2.24, 2.45) is 5.41 Å². The Hall–Kier alpha value is -1.92. The van der Waals surface area contributed by atoms with E-state index in [0.29, 0.717) is 25.9 Å². The maximum absolute atomic E-state index is 11.8. The number of urea groups is 1. The molecular weight excluding hydrogens is 322 g/mol. The number of rotatable bonds is 8. The van der Waals surface area contributed by atoms with Gasteiger partial charge in [-0.2, -0.15) is 0 Å². The van der Waals surface area contributed by atoms with E-state index >= 15 is 0 Å². The van der Waals surface area contributed by atoms with E-state index in [1.54, 1.807) is 11.3 Å². The second-order valence-corrected chi connectivity index (χ2v) is 7.37. The smallest absolute Gasteiger partial charge is 0.314 e. The molecule has 5 nitrogen and oxygen atoms in total. The molecule has 0 saturated carbocycles. The second kappa shape index (κ2) is 8.80. The molecule has 0 radical (unpaired) electrons. The maximum Gasteiger partial charge on any atom is 0.314 e. The summed E-state index contributed by atoms with van der Waals surface area (Å²) in [6, 6.07) is 9.90. The van der Waals surface area contributed by atoms with Crippen molar-refractivity contribution < 1.29 is 9.90 Å². The molecule has 1 aromatic heterocycles. The van der Waals surface area contributed by atoms with Crippen molar-refractivity contribution >= 4 is 17.4 Å². The van der Waals surface area contributed by atoms with Crippen LogP contribution in [0, 0.1) is 5.41 Å². The third-order valence-electron chi connectivity index (χ3n) is 3.76. The summed E-state index contributed by atoms with van der Waals surface area (Å²) in [6.45, 7) is 5.25. The first-order valence-corrected chi connectivity index (χ1v) is 9.00. The van der Waals surface area contributed by atoms with Crippen LogP contribution in [0.25, 0.3) is 10.6 Å². The van der Waals surface area contributed by atoms with Crippen LogP contribution in [0.1, 0.15) is 26.0 Å². The molecule has 2 aromatic rings. The van der Waals surface area contributed by atoms with E-state index in [1.807, 2.05) is 49.6 Å². The summed E-state index contributed by atoms with van der Waals surface area (Å²) in [6.07, 6.45) is 1.37. The van der Waals surface area contributed by atoms with Crippen molar-refractivity contribution in [3.8, 4) is 10.6 Å². The average Bonchev–Trinajstić information content (AvgIpc) is 3.03. The molecule has 0 atom stereocenters. The molecular formula is C18H25N3O2S. The maximum atomic E-state index is 11.8. The molecule has 3 N–H and O–H groups in total. The highest BCUT2D eigenvalue weighted by molar-refractivity contribution is 7.13. The van der Waals surface area contributed by atoms with Gasteiger partial charge in [0.1, 0.15) is 5.01 Å². The Morgan fingerprint density at radius 2 is 2.00 bits per heavy atom. The molecule has 0 aliphatic rings. The normalized spacial score (nSPS) is 11.3. The Bertz CT molecular complexity index is 641. The highest BCUT2D eigenvalue weighted by atomic mass is 32.1. The van der Waals surface area contributed by atoms with Crippen LogP contribution in [0.15, 0.2) is 35.7 Å². The molecule has 0 fully saturated rings. The first-order valence-electron chi connectivity index (χ1n) is 8.12. The summed E-state index contributed by atoms with van der Waals surface area (Å²) >= 11 is 1.62. The number of nitrogens with zero attached hydrogens (tertiary/aromatic N) is 1. The lowest BCUT2D eigenvalue weighted by Crippen LogP contribution is -2.41. The third kappa shape index (κ3) is 5.94. The van der Waals surface area contributed by atoms with Gasteiger partial charge in [-0.25, -0.2) is 9.78 Å². The number of nitrogens with one attached hydrogen (secondary N) is 2. The van der Waals surface area contributed by atoms with Crippen molar-refractivity contribution in [1.29, 1.82) is 0 Å². The van der Waals surface area contributed by atoms with Crippen LogP contribution >= 0.6 is 11.3 Å². The van der Waals surface area contributed by atoms with Crippen molar-refractivity contribution in [1.82, 2.24) is 15.6 Å². The fourth-order valence-electron chi connectivity index (χ4n) is 2.21. The summed E-state index contributed by atoms with van der Waals surface area (Å²) in [5.74, 6) is 0. The number of carbonyl (C=O) groups excluding carboxylic acids is 1. The van der Waals surface area contributed by atoms with Gasteiger partial charge in [0.2, 0.25) is 0 Å². The summed E-state index contributed by atoms with van der Waals surface area (Å²) < 4.78 is 0. The standard InChI is InChI=1S/C18H25N3O2S/c1-18(2,9-11-22)13-20-17(23)19-10-8-15-12-24-16(21-15)14-6-4-3-5-7-14/h3-7,12,22H,8-11,13H2,1-2H3,(H2,19,20,23). The van der Waals surface area contributed by atoms with Gasteiger partial charge in [0.25, 0.3) is 0 Å². The van der Waals surface area contributed by atoms with Gasteiger partial charge in [-0.3, -0.25) is 0 Å². The molecule has 0 spiro atoms. The van der Waals surface area contributed by atoms with E-state index in [0.717, 1.165) is 16.3 Å². The summed E-state index contributed by atoms with van der Waals surface area (Å²) in [5.41, 5.74) is 2.00. The highest BCUT2D eigenvalue weighted by Crippen LogP contribution is 2.23. The molecule has 130 valence electrons. The molecule has 2 rings (SSSR count). The van der Waals surface area contributed by atoms with Crippen molar-refractivity contribution in [3.63, 3.8) is 0 Å². The van der Waals surface area contributed by atoms with E-state index in [1.165, 1.54) is 0 Å². The minimum Gasteiger partial charge on any atom is -0.396 e. The predicted octanol–water partition coefficient (Wildman–Crippen LogP) is 3.06. The minimum atomic E-state index is -0.181. The zero-order valence-corrected chi connectivity index (χ0v) is 15.0. The van der Waals surface area contributed by atoms with Gasteiger partial charge in [0.15, 0.2) is 0 Å². The number of benzene rings is 1. The first-order chi connectivity index (χ1) is 11.5. The number of carbonyl (C=O) groups is 1. The molecule has 1 aromatic carbocycles. The molecule has 0 unspecified atom stereocenters. The van der Waals surface area contributed by atoms with Crippen LogP contribution in [-0.2, 0) is 6.42 Å². The number of aliphatic hydroxyl groups is 1. The quantitative estimate of drug-likeness (QED) is 0.687. The number of aliphatic hydroxyl groups excluding tert-OH is 1. The van der Waals surface area contributed by atoms with Crippen molar-refractivity contribution in [2.45, 2.75) is 26.7 Å². The lowest BCUT2D eigenvalue weighted by Gasteiger charge is -2.23. The van der Waals surface area contributed by atoms with E-state index < -0.39 is 0 Å². The fourth-order valence-corrected chi connectivity index (χ4v) is 3.07. The number of thiazole rings is 1. The fraction of sp³-hybridized carbons (Fsp3) is 0.444. The topological polar surface area (TPSA) is 74.2 Å². The van der Waals surface area contributed by atoms with Crippen LogP contribution in [0.4, 0.5) is 4.79 Å². The van der Waals surface area contributed by atoms with E-state index in [9.17, 15) is 4.79 Å². The second-order valence-electron chi connectivity index (χ2n) is 6.51. The Morgan fingerprint density at radius 3 is 2.71 bits per heavy atom. The van der Waals surface area contributed by atoms with Crippen LogP contribution < -0.4 is 10.6 Å². The summed E-state index contributed by atoms with van der Waals surface area (Å²) in [5, 5.41) is 17.7. The van der Waals surface area contributed by atoms with Gasteiger partial charge in [-0.05, 0) is 11.8 Å². The van der Waals surface area contributed by atoms with Crippen molar-refractivity contribution in [3.05, 3.63) is 41.4 Å². The molecule has 0 aliphatic heterocycles. The number of aromatic nitrogens is 1. The third-order valence-corrected chi connectivity index (χ3v) is 4.70. The van der Waals surface area contributed by atoms with Crippen LogP contribution in [0.3, 0.4) is 0 Å². The van der Waals surface area contributed by atoms with E-state index in [4.69, 9.17) is 5.11 Å². The van der Waals surface area contributed by atoms with Gasteiger partial charge >= 0.3 is 6.03 Å². The lowest BCUT2D eigenvalue weighted by atomic mass is 9.90. The molecule has 24 heavy (non-hydrogen) atoms. The van der Waals surface area contributed by atoms with Crippen LogP contribution in [0.2, 0.25) is 0 Å². The lowest BCUT2D eigenvalue weighted by molar-refractivity contribution is 0.201. The summed E-state index contributed by atoms with van der Waals surface area (Å²) in [7, 11) is 0. The zero-order valence-electron chi connectivity index (χ0n) is 14.2. The van der Waals surface area contributed by atoms with Gasteiger partial charge in [0, 0.05) is 37.1 Å². The molecule has 0 bridgehead atoms. The van der Waals surface area contributed by atoms with Gasteiger partial charge in [-0.15, -0.1) is 11.3 Å². The SMILES string of the molecule is CC(C)(CCO)CNC(=O)NCCc1csc(-c2ccccc2)n1.